The van der Waals surface area contributed by atoms with E-state index >= 15 is 0 Å². The molecular weight excluding hydrogens is 188 g/mol. The molecule has 0 heterocycles. The second-order valence-electron chi connectivity index (χ2n) is 4.06. The third-order valence-corrected chi connectivity index (χ3v) is 2.60. The Morgan fingerprint density at radius 3 is 1.80 bits per heavy atom. The number of carbonyl (C=O) groups is 1. The van der Waals surface area contributed by atoms with Gasteiger partial charge in [-0.1, -0.05) is 46.6 Å². The van der Waals surface area contributed by atoms with E-state index in [1.165, 1.54) is 6.08 Å². The van der Waals surface area contributed by atoms with Crippen LogP contribution < -0.4 is 0 Å². The minimum atomic E-state index is -0.287. The summed E-state index contributed by atoms with van der Waals surface area (Å²) in [6.07, 6.45) is 7.26. The summed E-state index contributed by atoms with van der Waals surface area (Å²) in [5.41, 5.74) is -0.247. The third kappa shape index (κ3) is 5.01. The molecule has 0 radical (unpaired) electrons. The largest absolute Gasteiger partial charge is 0.456 e. The molecule has 88 valence electrons. The lowest BCUT2D eigenvalue weighted by Gasteiger charge is -2.32. The average molecular weight is 212 g/mol. The van der Waals surface area contributed by atoms with Crippen LogP contribution >= 0.6 is 0 Å². The first-order valence-electron chi connectivity index (χ1n) is 5.99. The predicted octanol–water partition coefficient (Wildman–Crippen LogP) is 3.85. The predicted molar refractivity (Wildman–Crippen MR) is 63.7 cm³/mol. The molecule has 0 aromatic heterocycles. The number of carbonyl (C=O) groups excluding carboxylic acids is 1. The van der Waals surface area contributed by atoms with Gasteiger partial charge >= 0.3 is 5.97 Å². The van der Waals surface area contributed by atoms with Gasteiger partial charge in [0.15, 0.2) is 0 Å². The molecule has 0 rings (SSSR count). The van der Waals surface area contributed by atoms with E-state index in [4.69, 9.17) is 4.74 Å². The second kappa shape index (κ2) is 7.49. The van der Waals surface area contributed by atoms with Gasteiger partial charge in [-0.25, -0.2) is 4.79 Å². The SMILES string of the molecule is C=CC(=O)OC(CCC)(CCC)CCC. The summed E-state index contributed by atoms with van der Waals surface area (Å²) >= 11 is 0. The maximum atomic E-state index is 11.3. The Morgan fingerprint density at radius 1 is 1.13 bits per heavy atom. The quantitative estimate of drug-likeness (QED) is 0.451. The van der Waals surface area contributed by atoms with Crippen LogP contribution in [0.3, 0.4) is 0 Å². The van der Waals surface area contributed by atoms with Crippen molar-refractivity contribution in [2.75, 3.05) is 0 Å². The fraction of sp³-hybridized carbons (Fsp3) is 0.769. The van der Waals surface area contributed by atoms with Crippen LogP contribution in [-0.2, 0) is 9.53 Å². The van der Waals surface area contributed by atoms with Gasteiger partial charge < -0.3 is 4.74 Å². The van der Waals surface area contributed by atoms with E-state index in [9.17, 15) is 4.79 Å². The van der Waals surface area contributed by atoms with Crippen LogP contribution in [0.1, 0.15) is 59.3 Å². The molecular formula is C13H24O2. The highest BCUT2D eigenvalue weighted by Gasteiger charge is 2.30. The topological polar surface area (TPSA) is 26.3 Å². The molecule has 0 aliphatic carbocycles. The Labute approximate surface area is 93.7 Å². The summed E-state index contributed by atoms with van der Waals surface area (Å²) in [4.78, 5) is 11.3. The Bertz CT molecular complexity index is 180. The minimum Gasteiger partial charge on any atom is -0.456 e. The van der Waals surface area contributed by atoms with Crippen molar-refractivity contribution in [3.05, 3.63) is 12.7 Å². The first-order valence-corrected chi connectivity index (χ1v) is 5.99. The molecule has 0 saturated carbocycles. The van der Waals surface area contributed by atoms with Crippen LogP contribution in [0.2, 0.25) is 0 Å². The molecule has 0 aromatic carbocycles. The second-order valence-corrected chi connectivity index (χ2v) is 4.06. The lowest BCUT2D eigenvalue weighted by Crippen LogP contribution is -2.34. The van der Waals surface area contributed by atoms with E-state index in [1.807, 2.05) is 0 Å². The number of ether oxygens (including phenoxy) is 1. The summed E-state index contributed by atoms with van der Waals surface area (Å²) in [5.74, 6) is -0.287. The Kier molecular flexibility index (Phi) is 7.10. The van der Waals surface area contributed by atoms with E-state index in [1.54, 1.807) is 0 Å². The zero-order valence-corrected chi connectivity index (χ0v) is 10.3. The Balaban J connectivity index is 4.58. The maximum absolute atomic E-state index is 11.3. The smallest absolute Gasteiger partial charge is 0.330 e. The van der Waals surface area contributed by atoms with Crippen molar-refractivity contribution in [3.8, 4) is 0 Å². The average Bonchev–Trinajstić information content (AvgIpc) is 2.18. The lowest BCUT2D eigenvalue weighted by atomic mass is 9.88. The van der Waals surface area contributed by atoms with Gasteiger partial charge in [0.05, 0.1) is 0 Å². The van der Waals surface area contributed by atoms with Gasteiger partial charge in [-0.15, -0.1) is 0 Å². The van der Waals surface area contributed by atoms with Crippen molar-refractivity contribution in [3.63, 3.8) is 0 Å². The molecule has 0 aliphatic rings. The summed E-state index contributed by atoms with van der Waals surface area (Å²) in [5, 5.41) is 0. The van der Waals surface area contributed by atoms with Crippen LogP contribution in [-0.4, -0.2) is 11.6 Å². The van der Waals surface area contributed by atoms with E-state index in [2.05, 4.69) is 27.4 Å². The van der Waals surface area contributed by atoms with Crippen molar-refractivity contribution >= 4 is 5.97 Å². The fourth-order valence-corrected chi connectivity index (χ4v) is 2.15. The van der Waals surface area contributed by atoms with Crippen molar-refractivity contribution in [1.82, 2.24) is 0 Å². The highest BCUT2D eigenvalue weighted by atomic mass is 16.6. The third-order valence-electron chi connectivity index (χ3n) is 2.60. The molecule has 0 N–H and O–H groups in total. The van der Waals surface area contributed by atoms with Crippen molar-refractivity contribution in [1.29, 1.82) is 0 Å². The number of esters is 1. The molecule has 0 saturated heterocycles. The van der Waals surface area contributed by atoms with Gasteiger partial charge in [0, 0.05) is 6.08 Å². The zero-order chi connectivity index (χ0) is 11.7. The minimum absolute atomic E-state index is 0.247. The van der Waals surface area contributed by atoms with Gasteiger partial charge in [-0.3, -0.25) is 0 Å². The van der Waals surface area contributed by atoms with Gasteiger partial charge in [0.2, 0.25) is 0 Å². The van der Waals surface area contributed by atoms with Crippen LogP contribution in [0.15, 0.2) is 12.7 Å². The van der Waals surface area contributed by atoms with Crippen LogP contribution in [0, 0.1) is 0 Å². The Morgan fingerprint density at radius 2 is 1.53 bits per heavy atom. The van der Waals surface area contributed by atoms with E-state index in [0.29, 0.717) is 0 Å². The standard InChI is InChI=1S/C13H24O2/c1-5-9-13(10-6-2,11-7-3)15-12(14)8-4/h8H,4-7,9-11H2,1-3H3. The van der Waals surface area contributed by atoms with Crippen LogP contribution in [0.25, 0.3) is 0 Å². The number of hydrogen-bond donors (Lipinski definition) is 0. The van der Waals surface area contributed by atoms with Crippen LogP contribution in [0.4, 0.5) is 0 Å². The fourth-order valence-electron chi connectivity index (χ4n) is 2.15. The van der Waals surface area contributed by atoms with E-state index in [-0.39, 0.29) is 11.6 Å². The molecule has 0 aromatic rings. The molecule has 0 fully saturated rings. The molecule has 2 nitrogen and oxygen atoms in total. The molecule has 2 heteroatoms. The molecule has 0 unspecified atom stereocenters. The molecule has 0 bridgehead atoms. The lowest BCUT2D eigenvalue weighted by molar-refractivity contribution is -0.156. The highest BCUT2D eigenvalue weighted by Crippen LogP contribution is 2.29. The first kappa shape index (κ1) is 14.2. The van der Waals surface area contributed by atoms with Crippen molar-refractivity contribution in [2.45, 2.75) is 64.9 Å². The summed E-state index contributed by atoms with van der Waals surface area (Å²) in [6, 6.07) is 0. The molecule has 0 spiro atoms. The Hall–Kier alpha value is -0.790. The van der Waals surface area contributed by atoms with Gasteiger partial charge in [-0.2, -0.15) is 0 Å². The number of rotatable bonds is 8. The molecule has 15 heavy (non-hydrogen) atoms. The summed E-state index contributed by atoms with van der Waals surface area (Å²) in [7, 11) is 0. The van der Waals surface area contributed by atoms with Gasteiger partial charge in [0.1, 0.15) is 5.60 Å². The van der Waals surface area contributed by atoms with Crippen molar-refractivity contribution in [2.24, 2.45) is 0 Å². The normalized spacial score (nSPS) is 11.1. The van der Waals surface area contributed by atoms with E-state index < -0.39 is 0 Å². The number of hydrogen-bond acceptors (Lipinski definition) is 2. The monoisotopic (exact) mass is 212 g/mol. The van der Waals surface area contributed by atoms with E-state index in [0.717, 1.165) is 38.5 Å². The van der Waals surface area contributed by atoms with Crippen molar-refractivity contribution < 1.29 is 9.53 Å². The van der Waals surface area contributed by atoms with Crippen LogP contribution in [0.5, 0.6) is 0 Å². The zero-order valence-electron chi connectivity index (χ0n) is 10.3. The maximum Gasteiger partial charge on any atom is 0.330 e. The van der Waals surface area contributed by atoms with Gasteiger partial charge in [0.25, 0.3) is 0 Å². The van der Waals surface area contributed by atoms with Gasteiger partial charge in [-0.05, 0) is 19.3 Å². The molecule has 0 atom stereocenters. The summed E-state index contributed by atoms with van der Waals surface area (Å²) in [6.45, 7) is 9.83. The molecule has 0 amide bonds. The summed E-state index contributed by atoms with van der Waals surface area (Å²) < 4.78 is 5.55. The highest BCUT2D eigenvalue weighted by molar-refractivity contribution is 5.81. The molecule has 0 aliphatic heterocycles. The first-order chi connectivity index (χ1) is 7.14.